The molecule has 5 heteroatoms. The number of halogens is 1. The molecule has 0 bridgehead atoms. The van der Waals surface area contributed by atoms with E-state index in [9.17, 15) is 0 Å². The molecule has 118 valence electrons. The normalized spacial score (nSPS) is 17.5. The summed E-state index contributed by atoms with van der Waals surface area (Å²) in [6.45, 7) is 7.39. The second kappa shape index (κ2) is 6.15. The van der Waals surface area contributed by atoms with Crippen molar-refractivity contribution in [2.45, 2.75) is 0 Å². The van der Waals surface area contributed by atoms with Crippen LogP contribution < -0.4 is 4.74 Å². The lowest BCUT2D eigenvalue weighted by Gasteiger charge is -2.32. The Labute approximate surface area is 148 Å². The number of nitrogens with zero attached hydrogens (tertiary/aromatic N) is 1. The highest BCUT2D eigenvalue weighted by Gasteiger charge is 2.27. The maximum Gasteiger partial charge on any atom is 0.196 e. The van der Waals surface area contributed by atoms with E-state index >= 15 is 0 Å². The third-order valence-electron chi connectivity index (χ3n) is 3.96. The summed E-state index contributed by atoms with van der Waals surface area (Å²) in [5.41, 5.74) is 2.18. The average Bonchev–Trinajstić information content (AvgIpc) is 2.94. The van der Waals surface area contributed by atoms with E-state index < -0.39 is 0 Å². The van der Waals surface area contributed by atoms with Crippen molar-refractivity contribution in [1.82, 2.24) is 4.90 Å². The van der Waals surface area contributed by atoms with Gasteiger partial charge in [-0.25, -0.2) is 0 Å². The molecule has 2 aliphatic heterocycles. The molecular formula is C18H16BrNO2S. The maximum absolute atomic E-state index is 6.21. The molecule has 0 radical (unpaired) electrons. The summed E-state index contributed by atoms with van der Waals surface area (Å²) in [5.74, 6) is 1.74. The van der Waals surface area contributed by atoms with Crippen LogP contribution >= 0.6 is 27.3 Å². The van der Waals surface area contributed by atoms with Crippen LogP contribution in [-0.4, -0.2) is 31.2 Å². The Hall–Kier alpha value is -1.56. The quantitative estimate of drug-likeness (QED) is 0.738. The van der Waals surface area contributed by atoms with Crippen LogP contribution in [0.25, 0.3) is 16.0 Å². The lowest BCUT2D eigenvalue weighted by molar-refractivity contribution is 0.0347. The van der Waals surface area contributed by atoms with Crippen LogP contribution in [0.4, 0.5) is 0 Å². The maximum atomic E-state index is 6.21. The summed E-state index contributed by atoms with van der Waals surface area (Å²) in [6.07, 6.45) is 2.03. The predicted octanol–water partition coefficient (Wildman–Crippen LogP) is 4.76. The number of hydrogen-bond acceptors (Lipinski definition) is 4. The average molecular weight is 390 g/mol. The molecular weight excluding hydrogens is 374 g/mol. The van der Waals surface area contributed by atoms with Crippen molar-refractivity contribution in [3.8, 4) is 16.2 Å². The molecule has 1 aromatic heterocycles. The minimum absolute atomic E-state index is 0.736. The number of rotatable bonds is 2. The number of benzene rings is 1. The van der Waals surface area contributed by atoms with Crippen molar-refractivity contribution in [2.24, 2.45) is 0 Å². The van der Waals surface area contributed by atoms with E-state index in [0.29, 0.717) is 0 Å². The van der Waals surface area contributed by atoms with Crippen molar-refractivity contribution in [3.05, 3.63) is 58.2 Å². The van der Waals surface area contributed by atoms with E-state index in [-0.39, 0.29) is 0 Å². The summed E-state index contributed by atoms with van der Waals surface area (Å²) in [4.78, 5) is 4.48. The molecule has 23 heavy (non-hydrogen) atoms. The van der Waals surface area contributed by atoms with Crippen molar-refractivity contribution < 1.29 is 9.47 Å². The van der Waals surface area contributed by atoms with Gasteiger partial charge in [0.2, 0.25) is 0 Å². The molecule has 2 aromatic rings. The van der Waals surface area contributed by atoms with E-state index in [2.05, 4.69) is 39.5 Å². The highest BCUT2D eigenvalue weighted by molar-refractivity contribution is 9.10. The molecule has 1 aromatic carbocycles. The van der Waals surface area contributed by atoms with Gasteiger partial charge in [0.25, 0.3) is 0 Å². The van der Waals surface area contributed by atoms with Crippen molar-refractivity contribution in [2.75, 3.05) is 26.3 Å². The van der Waals surface area contributed by atoms with Crippen LogP contribution in [0, 0.1) is 0 Å². The zero-order chi connectivity index (χ0) is 15.8. The third-order valence-corrected chi connectivity index (χ3v) is 6.28. The van der Waals surface area contributed by atoms with Crippen LogP contribution in [-0.2, 0) is 4.74 Å². The molecule has 0 aliphatic carbocycles. The fourth-order valence-electron chi connectivity index (χ4n) is 2.76. The molecule has 0 amide bonds. The monoisotopic (exact) mass is 389 g/mol. The molecule has 1 fully saturated rings. The van der Waals surface area contributed by atoms with E-state index in [0.717, 1.165) is 52.9 Å². The lowest BCUT2D eigenvalue weighted by Crippen LogP contribution is -2.37. The fourth-order valence-corrected chi connectivity index (χ4v) is 4.71. The largest absolute Gasteiger partial charge is 0.438 e. The Morgan fingerprint density at radius 1 is 1.09 bits per heavy atom. The molecule has 4 rings (SSSR count). The fraction of sp³-hybridized carbons (Fsp3) is 0.222. The van der Waals surface area contributed by atoms with Gasteiger partial charge in [0.05, 0.1) is 27.4 Å². The molecule has 3 heterocycles. The SMILES string of the molecule is C=C1C=C(N2CCOCC2)Oc2c1sc(-c1ccccc1)c2Br. The van der Waals surface area contributed by atoms with E-state index in [1.165, 1.54) is 10.4 Å². The summed E-state index contributed by atoms with van der Waals surface area (Å²) in [5, 5.41) is 0. The molecule has 0 atom stereocenters. The first-order chi connectivity index (χ1) is 11.2. The van der Waals surface area contributed by atoms with Crippen LogP contribution in [0.1, 0.15) is 4.88 Å². The summed E-state index contributed by atoms with van der Waals surface area (Å²) >= 11 is 5.44. The summed E-state index contributed by atoms with van der Waals surface area (Å²) in [6, 6.07) is 10.3. The minimum atomic E-state index is 0.736. The van der Waals surface area contributed by atoms with Crippen LogP contribution in [0.5, 0.6) is 5.75 Å². The Balaban J connectivity index is 1.70. The van der Waals surface area contributed by atoms with Gasteiger partial charge in [0, 0.05) is 19.2 Å². The van der Waals surface area contributed by atoms with Crippen molar-refractivity contribution >= 4 is 32.8 Å². The van der Waals surface area contributed by atoms with E-state index in [4.69, 9.17) is 9.47 Å². The molecule has 1 saturated heterocycles. The Kier molecular flexibility index (Phi) is 4.01. The van der Waals surface area contributed by atoms with Gasteiger partial charge in [-0.15, -0.1) is 11.3 Å². The van der Waals surface area contributed by atoms with Gasteiger partial charge in [0.15, 0.2) is 11.6 Å². The van der Waals surface area contributed by atoms with Gasteiger partial charge in [-0.05, 0) is 27.1 Å². The zero-order valence-corrected chi connectivity index (χ0v) is 15.0. The van der Waals surface area contributed by atoms with Gasteiger partial charge in [-0.1, -0.05) is 36.9 Å². The lowest BCUT2D eigenvalue weighted by atomic mass is 10.1. The van der Waals surface area contributed by atoms with Crippen LogP contribution in [0.15, 0.2) is 53.3 Å². The number of fused-ring (bicyclic) bond motifs is 1. The molecule has 2 aliphatic rings. The van der Waals surface area contributed by atoms with Gasteiger partial charge in [-0.2, -0.15) is 0 Å². The van der Waals surface area contributed by atoms with Crippen LogP contribution in [0.2, 0.25) is 0 Å². The summed E-state index contributed by atoms with van der Waals surface area (Å²) in [7, 11) is 0. The molecule has 0 saturated carbocycles. The van der Waals surface area contributed by atoms with Crippen molar-refractivity contribution in [3.63, 3.8) is 0 Å². The number of allylic oxidation sites excluding steroid dienone is 2. The Morgan fingerprint density at radius 2 is 1.83 bits per heavy atom. The van der Waals surface area contributed by atoms with Gasteiger partial charge < -0.3 is 14.4 Å². The van der Waals surface area contributed by atoms with Gasteiger partial charge in [-0.3, -0.25) is 0 Å². The third kappa shape index (κ3) is 2.73. The predicted molar refractivity (Wildman–Crippen MR) is 97.6 cm³/mol. The summed E-state index contributed by atoms with van der Waals surface area (Å²) < 4.78 is 12.6. The first-order valence-electron chi connectivity index (χ1n) is 7.53. The molecule has 0 N–H and O–H groups in total. The number of ether oxygens (including phenoxy) is 2. The zero-order valence-electron chi connectivity index (χ0n) is 12.5. The Morgan fingerprint density at radius 3 is 2.57 bits per heavy atom. The minimum Gasteiger partial charge on any atom is -0.438 e. The standard InChI is InChI=1S/C18H16BrNO2S/c1-12-11-14(20-7-9-21-10-8-20)22-16-15(19)18(23-17(12)16)13-5-3-2-4-6-13/h2-6,11H,1,7-10H2. The smallest absolute Gasteiger partial charge is 0.196 e. The highest BCUT2D eigenvalue weighted by Crippen LogP contribution is 2.50. The Bertz CT molecular complexity index is 776. The number of thiophene rings is 1. The second-order valence-electron chi connectivity index (χ2n) is 5.48. The van der Waals surface area contributed by atoms with Gasteiger partial charge in [0.1, 0.15) is 0 Å². The molecule has 0 unspecified atom stereocenters. The molecule has 0 spiro atoms. The van der Waals surface area contributed by atoms with Gasteiger partial charge >= 0.3 is 0 Å². The van der Waals surface area contributed by atoms with Crippen molar-refractivity contribution in [1.29, 1.82) is 0 Å². The first-order valence-corrected chi connectivity index (χ1v) is 9.14. The molecule has 3 nitrogen and oxygen atoms in total. The van der Waals surface area contributed by atoms with E-state index in [1.54, 1.807) is 11.3 Å². The second-order valence-corrected chi connectivity index (χ2v) is 7.29. The van der Waals surface area contributed by atoms with Crippen LogP contribution in [0.3, 0.4) is 0 Å². The number of morpholine rings is 1. The highest BCUT2D eigenvalue weighted by atomic mass is 79.9. The topological polar surface area (TPSA) is 21.7 Å². The first kappa shape index (κ1) is 15.0. The number of hydrogen-bond donors (Lipinski definition) is 0. The van der Waals surface area contributed by atoms with E-state index in [1.807, 2.05) is 24.3 Å².